The molecule has 1 heterocycles. The molecule has 1 aromatic carbocycles. The van der Waals surface area contributed by atoms with Crippen LogP contribution in [0.5, 0.6) is 5.75 Å². The molecule has 0 spiro atoms. The van der Waals surface area contributed by atoms with Gasteiger partial charge in [0.05, 0.1) is 18.9 Å². The largest absolute Gasteiger partial charge is 0.497 e. The van der Waals surface area contributed by atoms with E-state index in [0.29, 0.717) is 30.6 Å². The van der Waals surface area contributed by atoms with Gasteiger partial charge < -0.3 is 19.2 Å². The summed E-state index contributed by atoms with van der Waals surface area (Å²) >= 11 is 0. The molecule has 152 valence electrons. The maximum atomic E-state index is 13.3. The summed E-state index contributed by atoms with van der Waals surface area (Å²) in [6.07, 6.45) is 1.83. The van der Waals surface area contributed by atoms with Crippen LogP contribution in [0.25, 0.3) is 0 Å². The fourth-order valence-electron chi connectivity index (χ4n) is 3.09. The zero-order chi connectivity index (χ0) is 20.9. The Morgan fingerprint density at radius 2 is 1.82 bits per heavy atom. The highest BCUT2D eigenvalue weighted by Gasteiger charge is 2.27. The van der Waals surface area contributed by atoms with Gasteiger partial charge in [-0.2, -0.15) is 0 Å². The fourth-order valence-corrected chi connectivity index (χ4v) is 3.09. The third-order valence-corrected chi connectivity index (χ3v) is 4.36. The molecular formula is C22H29NO5. The highest BCUT2D eigenvalue weighted by molar-refractivity contribution is 5.97. The van der Waals surface area contributed by atoms with Gasteiger partial charge in [-0.15, -0.1) is 0 Å². The molecule has 6 nitrogen and oxygen atoms in total. The normalized spacial score (nSPS) is 11.3. The Bertz CT molecular complexity index is 814. The summed E-state index contributed by atoms with van der Waals surface area (Å²) < 4.78 is 10.5. The van der Waals surface area contributed by atoms with Gasteiger partial charge in [-0.05, 0) is 36.5 Å². The number of hydrogen-bond acceptors (Lipinski definition) is 4. The molecule has 0 aliphatic carbocycles. The van der Waals surface area contributed by atoms with Crippen LogP contribution in [0.15, 0.2) is 34.9 Å². The van der Waals surface area contributed by atoms with Gasteiger partial charge in [-0.3, -0.25) is 9.59 Å². The molecule has 0 saturated carbocycles. The highest BCUT2D eigenvalue weighted by atomic mass is 16.5. The van der Waals surface area contributed by atoms with Crippen LogP contribution in [0.4, 0.5) is 0 Å². The highest BCUT2D eigenvalue weighted by Crippen LogP contribution is 2.23. The van der Waals surface area contributed by atoms with Crippen LogP contribution in [0, 0.1) is 12.3 Å². The van der Waals surface area contributed by atoms with Crippen molar-refractivity contribution in [3.63, 3.8) is 0 Å². The number of nitrogens with zero attached hydrogens (tertiary/aromatic N) is 1. The van der Waals surface area contributed by atoms with Gasteiger partial charge in [0.1, 0.15) is 17.9 Å². The van der Waals surface area contributed by atoms with Crippen molar-refractivity contribution < 1.29 is 23.8 Å². The Hall–Kier alpha value is -2.76. The summed E-state index contributed by atoms with van der Waals surface area (Å²) in [6, 6.07) is 7.77. The lowest BCUT2D eigenvalue weighted by molar-refractivity contribution is -0.136. The number of carboxylic acids is 1. The SMILES string of the molecule is COc1ccc(CCN(CC(C)(C)C)C(=O)c2c(C)coc2CC(=O)O)cc1. The van der Waals surface area contributed by atoms with Crippen molar-refractivity contribution in [3.8, 4) is 5.75 Å². The maximum Gasteiger partial charge on any atom is 0.311 e. The molecule has 1 aromatic heterocycles. The molecule has 0 fully saturated rings. The lowest BCUT2D eigenvalue weighted by atomic mass is 9.95. The molecule has 0 saturated heterocycles. The zero-order valence-electron chi connectivity index (χ0n) is 17.2. The Morgan fingerprint density at radius 3 is 2.36 bits per heavy atom. The monoisotopic (exact) mass is 387 g/mol. The topological polar surface area (TPSA) is 80.0 Å². The third kappa shape index (κ3) is 5.87. The third-order valence-electron chi connectivity index (χ3n) is 4.36. The smallest absolute Gasteiger partial charge is 0.311 e. The second-order valence-corrected chi connectivity index (χ2v) is 8.17. The molecule has 0 radical (unpaired) electrons. The number of carbonyl (C=O) groups is 2. The summed E-state index contributed by atoms with van der Waals surface area (Å²) in [6.45, 7) is 9.06. The minimum absolute atomic E-state index is 0.0971. The standard InChI is InChI=1S/C22H29NO5/c1-15-13-28-18(12-19(24)25)20(15)21(26)23(14-22(2,3)4)11-10-16-6-8-17(27-5)9-7-16/h6-9,13H,10-12,14H2,1-5H3,(H,24,25). The minimum atomic E-state index is -1.02. The second kappa shape index (κ2) is 8.95. The average molecular weight is 387 g/mol. The fraction of sp³-hybridized carbons (Fsp3) is 0.455. The van der Waals surface area contributed by atoms with Gasteiger partial charge in [-0.1, -0.05) is 32.9 Å². The van der Waals surface area contributed by atoms with Crippen molar-refractivity contribution in [1.29, 1.82) is 0 Å². The molecule has 28 heavy (non-hydrogen) atoms. The first kappa shape index (κ1) is 21.5. The van der Waals surface area contributed by atoms with Crippen LogP contribution in [-0.2, 0) is 17.6 Å². The molecule has 6 heteroatoms. The Labute approximate surface area is 166 Å². The Balaban J connectivity index is 2.23. The molecule has 0 aliphatic heterocycles. The van der Waals surface area contributed by atoms with Crippen molar-refractivity contribution >= 4 is 11.9 Å². The Morgan fingerprint density at radius 1 is 1.18 bits per heavy atom. The average Bonchev–Trinajstić information content (AvgIpc) is 2.97. The summed E-state index contributed by atoms with van der Waals surface area (Å²) in [4.78, 5) is 26.2. The van der Waals surface area contributed by atoms with Crippen LogP contribution in [0.2, 0.25) is 0 Å². The van der Waals surface area contributed by atoms with Crippen LogP contribution in [0.1, 0.15) is 48.0 Å². The van der Waals surface area contributed by atoms with Crippen LogP contribution in [-0.4, -0.2) is 42.1 Å². The number of carboxylic acid groups (broad SMARTS) is 1. The Kier molecular flexibility index (Phi) is 6.89. The van der Waals surface area contributed by atoms with E-state index in [-0.39, 0.29) is 23.5 Å². The molecule has 2 aromatic rings. The van der Waals surface area contributed by atoms with E-state index in [1.807, 2.05) is 24.3 Å². The first-order valence-corrected chi connectivity index (χ1v) is 9.31. The molecule has 0 aliphatic rings. The number of aryl methyl sites for hydroxylation is 1. The van der Waals surface area contributed by atoms with E-state index in [1.165, 1.54) is 6.26 Å². The van der Waals surface area contributed by atoms with E-state index in [2.05, 4.69) is 20.8 Å². The molecule has 2 rings (SSSR count). The van der Waals surface area contributed by atoms with Crippen molar-refractivity contribution in [1.82, 2.24) is 4.90 Å². The van der Waals surface area contributed by atoms with Gasteiger partial charge in [0.25, 0.3) is 5.91 Å². The lowest BCUT2D eigenvalue weighted by Gasteiger charge is -2.30. The number of rotatable bonds is 8. The second-order valence-electron chi connectivity index (χ2n) is 8.17. The lowest BCUT2D eigenvalue weighted by Crippen LogP contribution is -2.39. The summed E-state index contributed by atoms with van der Waals surface area (Å²) in [5, 5.41) is 9.11. The number of aliphatic carboxylic acids is 1. The van der Waals surface area contributed by atoms with Crippen LogP contribution < -0.4 is 4.74 Å². The van der Waals surface area contributed by atoms with Gasteiger partial charge in [-0.25, -0.2) is 0 Å². The number of furan rings is 1. The summed E-state index contributed by atoms with van der Waals surface area (Å²) in [7, 11) is 1.63. The predicted molar refractivity (Wildman–Crippen MR) is 107 cm³/mol. The minimum Gasteiger partial charge on any atom is -0.497 e. The van der Waals surface area contributed by atoms with Gasteiger partial charge in [0.2, 0.25) is 0 Å². The first-order valence-electron chi connectivity index (χ1n) is 9.31. The quantitative estimate of drug-likeness (QED) is 0.742. The van der Waals surface area contributed by atoms with E-state index < -0.39 is 5.97 Å². The molecule has 1 N–H and O–H groups in total. The molecule has 0 atom stereocenters. The van der Waals surface area contributed by atoms with E-state index in [0.717, 1.165) is 11.3 Å². The van der Waals surface area contributed by atoms with Crippen molar-refractivity contribution in [2.24, 2.45) is 5.41 Å². The molecule has 1 amide bonds. The molecule has 0 unspecified atom stereocenters. The van der Waals surface area contributed by atoms with Crippen molar-refractivity contribution in [2.75, 3.05) is 20.2 Å². The van der Waals surface area contributed by atoms with E-state index in [4.69, 9.17) is 14.3 Å². The van der Waals surface area contributed by atoms with Crippen molar-refractivity contribution in [3.05, 3.63) is 53.0 Å². The van der Waals surface area contributed by atoms with Gasteiger partial charge in [0.15, 0.2) is 0 Å². The van der Waals surface area contributed by atoms with E-state index >= 15 is 0 Å². The number of benzene rings is 1. The summed E-state index contributed by atoms with van der Waals surface area (Å²) in [5.74, 6) is -0.216. The van der Waals surface area contributed by atoms with Gasteiger partial charge in [0, 0.05) is 18.7 Å². The van der Waals surface area contributed by atoms with E-state index in [9.17, 15) is 9.59 Å². The number of hydrogen-bond donors (Lipinski definition) is 1. The maximum absolute atomic E-state index is 13.3. The zero-order valence-corrected chi connectivity index (χ0v) is 17.2. The van der Waals surface area contributed by atoms with Gasteiger partial charge >= 0.3 is 5.97 Å². The van der Waals surface area contributed by atoms with Crippen molar-refractivity contribution in [2.45, 2.75) is 40.5 Å². The number of carbonyl (C=O) groups excluding carboxylic acids is 1. The number of ether oxygens (including phenoxy) is 1. The molecular weight excluding hydrogens is 358 g/mol. The summed E-state index contributed by atoms with van der Waals surface area (Å²) in [5.41, 5.74) is 2.02. The number of amides is 1. The number of methoxy groups -OCH3 is 1. The van der Waals surface area contributed by atoms with E-state index in [1.54, 1.807) is 18.9 Å². The van der Waals surface area contributed by atoms with Crippen LogP contribution in [0.3, 0.4) is 0 Å². The van der Waals surface area contributed by atoms with Crippen LogP contribution >= 0.6 is 0 Å². The molecule has 0 bridgehead atoms. The predicted octanol–water partition coefficient (Wildman–Crippen LogP) is 3.95. The first-order chi connectivity index (χ1) is 13.1.